The number of aliphatic hydroxyl groups excluding tert-OH is 1. The molecule has 6 nitrogen and oxygen atoms in total. The summed E-state index contributed by atoms with van der Waals surface area (Å²) in [4.78, 5) is 24.6. The summed E-state index contributed by atoms with van der Waals surface area (Å²) in [7, 11) is 0. The Hall–Kier alpha value is -2.08. The second-order valence-corrected chi connectivity index (χ2v) is 7.46. The third-order valence-electron chi connectivity index (χ3n) is 5.95. The van der Waals surface area contributed by atoms with Gasteiger partial charge in [0, 0.05) is 5.56 Å². The number of carbonyl (C=O) groups excluding carboxylic acids is 1. The van der Waals surface area contributed by atoms with Crippen molar-refractivity contribution >= 4 is 11.9 Å². The van der Waals surface area contributed by atoms with Crippen LogP contribution in [0.15, 0.2) is 24.3 Å². The van der Waals surface area contributed by atoms with Crippen molar-refractivity contribution in [3.63, 3.8) is 0 Å². The zero-order valence-corrected chi connectivity index (χ0v) is 13.3. The van der Waals surface area contributed by atoms with Crippen molar-refractivity contribution in [3.05, 3.63) is 29.8 Å². The number of carboxylic acid groups (broad SMARTS) is 1. The van der Waals surface area contributed by atoms with Gasteiger partial charge in [-0.05, 0) is 37.2 Å². The fourth-order valence-corrected chi connectivity index (χ4v) is 4.47. The molecule has 0 aromatic heterocycles. The largest absolute Gasteiger partial charge is 0.490 e. The summed E-state index contributed by atoms with van der Waals surface area (Å²) >= 11 is 0. The number of aliphatic carboxylic acids is 1. The van der Waals surface area contributed by atoms with Gasteiger partial charge in [0.15, 0.2) is 0 Å². The molecule has 1 spiro atoms. The lowest BCUT2D eigenvalue weighted by Gasteiger charge is -2.58. The van der Waals surface area contributed by atoms with E-state index >= 15 is 0 Å². The molecular weight excluding hydrogens is 310 g/mol. The van der Waals surface area contributed by atoms with E-state index in [1.165, 1.54) is 0 Å². The molecule has 0 radical (unpaired) electrons. The molecule has 2 aliphatic carbocycles. The van der Waals surface area contributed by atoms with E-state index in [1.807, 2.05) is 6.07 Å². The van der Waals surface area contributed by atoms with Gasteiger partial charge in [-0.1, -0.05) is 24.6 Å². The number of carboxylic acids is 1. The fourth-order valence-electron chi connectivity index (χ4n) is 4.47. The molecule has 3 aliphatic rings. The molecule has 24 heavy (non-hydrogen) atoms. The number of nitrogens with one attached hydrogen (secondary N) is 1. The van der Waals surface area contributed by atoms with Gasteiger partial charge >= 0.3 is 5.97 Å². The monoisotopic (exact) mass is 331 g/mol. The minimum Gasteiger partial charge on any atom is -0.490 e. The molecule has 1 aromatic rings. The highest BCUT2D eigenvalue weighted by Crippen LogP contribution is 2.64. The Morgan fingerprint density at radius 2 is 1.92 bits per heavy atom. The maximum absolute atomic E-state index is 12.8. The van der Waals surface area contributed by atoms with E-state index in [2.05, 4.69) is 5.32 Å². The normalized spacial score (nSPS) is 28.7. The third-order valence-corrected chi connectivity index (χ3v) is 5.95. The summed E-state index contributed by atoms with van der Waals surface area (Å²) < 4.78 is 5.46. The van der Waals surface area contributed by atoms with Crippen LogP contribution in [0.3, 0.4) is 0 Å². The first kappa shape index (κ1) is 15.4. The summed E-state index contributed by atoms with van der Waals surface area (Å²) in [6.45, 7) is 0.0754. The standard InChI is InChI=1S/C18H21NO5/c20-12-8-24-13-5-2-1-4-11(13)14(12)19-15(21)18(16(22)23)9-17(10-18)6-3-7-17/h1-2,4-5,12,14,20H,3,6-10H2,(H,19,21)(H,22,23)/t12-,14-/m1/s1. The minimum atomic E-state index is -1.35. The summed E-state index contributed by atoms with van der Waals surface area (Å²) in [6, 6.07) is 6.54. The van der Waals surface area contributed by atoms with Crippen molar-refractivity contribution < 1.29 is 24.5 Å². The maximum atomic E-state index is 12.8. The second-order valence-electron chi connectivity index (χ2n) is 7.46. The van der Waals surface area contributed by atoms with Gasteiger partial charge in [0.25, 0.3) is 0 Å². The van der Waals surface area contributed by atoms with E-state index < -0.39 is 29.4 Å². The molecule has 128 valence electrons. The number of rotatable bonds is 3. The van der Waals surface area contributed by atoms with Crippen molar-refractivity contribution in [2.75, 3.05) is 6.61 Å². The van der Waals surface area contributed by atoms with E-state index in [4.69, 9.17) is 4.74 Å². The predicted molar refractivity (Wildman–Crippen MR) is 84.4 cm³/mol. The molecule has 6 heteroatoms. The lowest BCUT2D eigenvalue weighted by molar-refractivity contribution is -0.182. The number of aliphatic hydroxyl groups is 1. The van der Waals surface area contributed by atoms with Crippen LogP contribution in [0.2, 0.25) is 0 Å². The number of amides is 1. The molecule has 2 saturated carbocycles. The van der Waals surface area contributed by atoms with Gasteiger partial charge in [-0.2, -0.15) is 0 Å². The predicted octanol–water partition coefficient (Wildman–Crippen LogP) is 1.63. The Kier molecular flexibility index (Phi) is 3.35. The Morgan fingerprint density at radius 3 is 2.54 bits per heavy atom. The van der Waals surface area contributed by atoms with E-state index in [1.54, 1.807) is 18.2 Å². The van der Waals surface area contributed by atoms with Gasteiger partial charge in [0.1, 0.15) is 23.9 Å². The number of para-hydroxylation sites is 1. The highest BCUT2D eigenvalue weighted by Gasteiger charge is 2.65. The number of benzene rings is 1. The van der Waals surface area contributed by atoms with E-state index in [9.17, 15) is 19.8 Å². The lowest BCUT2D eigenvalue weighted by atomic mass is 9.45. The second kappa shape index (κ2) is 5.21. The first-order valence-electron chi connectivity index (χ1n) is 8.40. The van der Waals surface area contributed by atoms with Gasteiger partial charge in [-0.15, -0.1) is 0 Å². The van der Waals surface area contributed by atoms with E-state index in [-0.39, 0.29) is 12.0 Å². The molecule has 1 heterocycles. The SMILES string of the molecule is O=C(O)C1(C(=O)N[C@@H]2c3ccccc3OC[C@H]2O)CC2(CCC2)C1. The smallest absolute Gasteiger partial charge is 0.319 e. The highest BCUT2D eigenvalue weighted by molar-refractivity contribution is 6.03. The molecular formula is C18H21NO5. The molecule has 1 amide bonds. The molecule has 2 atom stereocenters. The molecule has 0 unspecified atom stereocenters. The van der Waals surface area contributed by atoms with Gasteiger partial charge in [0.2, 0.25) is 5.91 Å². The summed E-state index contributed by atoms with van der Waals surface area (Å²) in [5.41, 5.74) is -0.613. The number of hydrogen-bond donors (Lipinski definition) is 3. The van der Waals surface area contributed by atoms with Gasteiger partial charge in [0.05, 0.1) is 6.04 Å². The Morgan fingerprint density at radius 1 is 1.21 bits per heavy atom. The lowest BCUT2D eigenvalue weighted by Crippen LogP contribution is -2.62. The summed E-state index contributed by atoms with van der Waals surface area (Å²) in [5.74, 6) is -0.942. The van der Waals surface area contributed by atoms with Crippen LogP contribution in [0.1, 0.15) is 43.7 Å². The van der Waals surface area contributed by atoms with Crippen molar-refractivity contribution in [2.45, 2.75) is 44.2 Å². The summed E-state index contributed by atoms with van der Waals surface area (Å²) in [5, 5.41) is 22.7. The quantitative estimate of drug-likeness (QED) is 0.732. The molecule has 3 N–H and O–H groups in total. The molecule has 2 fully saturated rings. The van der Waals surface area contributed by atoms with Gasteiger partial charge < -0.3 is 20.3 Å². The average molecular weight is 331 g/mol. The molecule has 1 aliphatic heterocycles. The van der Waals surface area contributed by atoms with Crippen molar-refractivity contribution in [3.8, 4) is 5.75 Å². The Labute approximate surface area is 139 Å². The molecule has 0 saturated heterocycles. The molecule has 1 aromatic carbocycles. The number of fused-ring (bicyclic) bond motifs is 1. The fraction of sp³-hybridized carbons (Fsp3) is 0.556. The average Bonchev–Trinajstić information content (AvgIpc) is 2.47. The van der Waals surface area contributed by atoms with Crippen LogP contribution < -0.4 is 10.1 Å². The first-order chi connectivity index (χ1) is 11.5. The maximum Gasteiger partial charge on any atom is 0.319 e. The first-order valence-corrected chi connectivity index (χ1v) is 8.40. The van der Waals surface area contributed by atoms with Crippen LogP contribution >= 0.6 is 0 Å². The number of carbonyl (C=O) groups is 2. The Balaban J connectivity index is 1.56. The third kappa shape index (κ3) is 2.13. The topological polar surface area (TPSA) is 95.9 Å². The van der Waals surface area contributed by atoms with Crippen LogP contribution in [0.5, 0.6) is 5.75 Å². The van der Waals surface area contributed by atoms with Crippen LogP contribution in [-0.2, 0) is 9.59 Å². The van der Waals surface area contributed by atoms with Gasteiger partial charge in [-0.3, -0.25) is 9.59 Å². The van der Waals surface area contributed by atoms with E-state index in [0.717, 1.165) is 19.3 Å². The van der Waals surface area contributed by atoms with E-state index in [0.29, 0.717) is 24.2 Å². The summed E-state index contributed by atoms with van der Waals surface area (Å²) in [6.07, 6.45) is 3.05. The van der Waals surface area contributed by atoms with Crippen molar-refractivity contribution in [1.29, 1.82) is 0 Å². The van der Waals surface area contributed by atoms with Crippen molar-refractivity contribution in [1.82, 2.24) is 5.32 Å². The van der Waals surface area contributed by atoms with Crippen LogP contribution in [0.25, 0.3) is 0 Å². The molecule has 0 bridgehead atoms. The van der Waals surface area contributed by atoms with Crippen LogP contribution in [-0.4, -0.2) is 34.8 Å². The van der Waals surface area contributed by atoms with Crippen LogP contribution in [0, 0.1) is 10.8 Å². The van der Waals surface area contributed by atoms with Crippen molar-refractivity contribution in [2.24, 2.45) is 10.8 Å². The zero-order chi connectivity index (χ0) is 16.9. The molecule has 4 rings (SSSR count). The minimum absolute atomic E-state index is 0.0575. The zero-order valence-electron chi connectivity index (χ0n) is 13.3. The van der Waals surface area contributed by atoms with Gasteiger partial charge in [-0.25, -0.2) is 0 Å². The number of hydrogen-bond acceptors (Lipinski definition) is 4. The number of ether oxygens (including phenoxy) is 1. The highest BCUT2D eigenvalue weighted by atomic mass is 16.5. The van der Waals surface area contributed by atoms with Crippen LogP contribution in [0.4, 0.5) is 0 Å². The Bertz CT molecular complexity index is 688.